The van der Waals surface area contributed by atoms with Crippen LogP contribution in [0.3, 0.4) is 0 Å². The fourth-order valence-corrected chi connectivity index (χ4v) is 3.12. The number of halogens is 1. The van der Waals surface area contributed by atoms with Gasteiger partial charge in [0.2, 0.25) is 5.95 Å². The van der Waals surface area contributed by atoms with Crippen LogP contribution in [0.5, 0.6) is 0 Å². The summed E-state index contributed by atoms with van der Waals surface area (Å²) < 4.78 is 2.82. The third-order valence-electron chi connectivity index (χ3n) is 4.42. The van der Waals surface area contributed by atoms with Crippen molar-refractivity contribution in [1.82, 2.24) is 24.6 Å². The summed E-state index contributed by atoms with van der Waals surface area (Å²) in [6.07, 6.45) is 3.57. The lowest BCUT2D eigenvalue weighted by molar-refractivity contribution is 0.629. The first-order valence-corrected chi connectivity index (χ1v) is 8.71. The largest absolute Gasteiger partial charge is 0.352 e. The first kappa shape index (κ1) is 15.3. The van der Waals surface area contributed by atoms with Crippen molar-refractivity contribution in [2.75, 3.05) is 36.0 Å². The highest BCUT2D eigenvalue weighted by molar-refractivity contribution is 9.10. The minimum atomic E-state index is 0.780. The number of aromatic nitrogens is 5. The lowest BCUT2D eigenvalue weighted by Gasteiger charge is -2.35. The van der Waals surface area contributed by atoms with Gasteiger partial charge in [0.25, 0.3) is 0 Å². The third kappa shape index (κ3) is 2.71. The Kier molecular flexibility index (Phi) is 3.84. The maximum atomic E-state index is 4.75. The van der Waals surface area contributed by atoms with Crippen LogP contribution in [0.1, 0.15) is 11.4 Å². The van der Waals surface area contributed by atoms with E-state index in [0.29, 0.717) is 0 Å². The summed E-state index contributed by atoms with van der Waals surface area (Å²) in [7, 11) is 0. The molecule has 0 N–H and O–H groups in total. The lowest BCUT2D eigenvalue weighted by atomic mass is 10.3. The molecular weight excluding hydrogens is 370 g/mol. The van der Waals surface area contributed by atoms with Gasteiger partial charge in [0, 0.05) is 38.6 Å². The summed E-state index contributed by atoms with van der Waals surface area (Å²) >= 11 is 3.37. The first-order chi connectivity index (χ1) is 11.6. The maximum Gasteiger partial charge on any atom is 0.225 e. The second kappa shape index (κ2) is 6.01. The molecule has 4 rings (SSSR count). The van der Waals surface area contributed by atoms with Crippen LogP contribution in [0.2, 0.25) is 0 Å². The van der Waals surface area contributed by atoms with Gasteiger partial charge in [-0.2, -0.15) is 0 Å². The standard InChI is InChI=1S/C16H18BrN7/c1-11-12(2)24-14(20-11)3-4-15(21-24)22-5-7-23(8-6-22)16-18-9-13(17)10-19-16/h3-4,9-10H,5-8H2,1-2H3. The summed E-state index contributed by atoms with van der Waals surface area (Å²) in [4.78, 5) is 17.8. The van der Waals surface area contributed by atoms with E-state index in [-0.39, 0.29) is 0 Å². The van der Waals surface area contributed by atoms with Crippen LogP contribution >= 0.6 is 15.9 Å². The summed E-state index contributed by atoms with van der Waals surface area (Å²) in [5, 5.41) is 4.75. The fraction of sp³-hybridized carbons (Fsp3) is 0.375. The molecule has 0 aliphatic carbocycles. The van der Waals surface area contributed by atoms with Crippen LogP contribution in [0.25, 0.3) is 5.65 Å². The number of hydrogen-bond donors (Lipinski definition) is 0. The van der Waals surface area contributed by atoms with Crippen LogP contribution in [0.15, 0.2) is 29.0 Å². The average molecular weight is 388 g/mol. The van der Waals surface area contributed by atoms with Crippen molar-refractivity contribution in [1.29, 1.82) is 0 Å². The monoisotopic (exact) mass is 387 g/mol. The highest BCUT2D eigenvalue weighted by atomic mass is 79.9. The second-order valence-corrected chi connectivity index (χ2v) is 6.84. The van der Waals surface area contributed by atoms with Crippen LogP contribution in [-0.4, -0.2) is 50.7 Å². The Balaban J connectivity index is 1.51. The van der Waals surface area contributed by atoms with Gasteiger partial charge in [-0.3, -0.25) is 0 Å². The van der Waals surface area contributed by atoms with E-state index in [1.807, 2.05) is 23.6 Å². The third-order valence-corrected chi connectivity index (χ3v) is 4.83. The Labute approximate surface area is 148 Å². The molecule has 3 aromatic rings. The van der Waals surface area contributed by atoms with E-state index in [1.165, 1.54) is 0 Å². The molecule has 3 aromatic heterocycles. The van der Waals surface area contributed by atoms with Crippen molar-refractivity contribution in [3.8, 4) is 0 Å². The average Bonchev–Trinajstić information content (AvgIpc) is 2.90. The molecule has 0 bridgehead atoms. The molecule has 4 heterocycles. The molecule has 8 heteroatoms. The van der Waals surface area contributed by atoms with E-state index in [2.05, 4.69) is 47.6 Å². The van der Waals surface area contributed by atoms with Crippen molar-refractivity contribution >= 4 is 33.3 Å². The van der Waals surface area contributed by atoms with E-state index in [1.54, 1.807) is 12.4 Å². The second-order valence-electron chi connectivity index (χ2n) is 5.92. The highest BCUT2D eigenvalue weighted by Crippen LogP contribution is 2.19. The zero-order chi connectivity index (χ0) is 16.7. The van der Waals surface area contributed by atoms with Crippen molar-refractivity contribution in [2.24, 2.45) is 0 Å². The maximum absolute atomic E-state index is 4.75. The van der Waals surface area contributed by atoms with E-state index in [4.69, 9.17) is 5.10 Å². The Morgan fingerprint density at radius 1 is 0.958 bits per heavy atom. The smallest absolute Gasteiger partial charge is 0.225 e. The zero-order valence-corrected chi connectivity index (χ0v) is 15.2. The number of rotatable bonds is 2. The number of aryl methyl sites for hydroxylation is 2. The minimum absolute atomic E-state index is 0.780. The number of piperazine rings is 1. The fourth-order valence-electron chi connectivity index (χ4n) is 2.92. The van der Waals surface area contributed by atoms with Gasteiger partial charge >= 0.3 is 0 Å². The summed E-state index contributed by atoms with van der Waals surface area (Å²) in [5.74, 6) is 1.77. The van der Waals surface area contributed by atoms with E-state index < -0.39 is 0 Å². The molecule has 7 nitrogen and oxygen atoms in total. The van der Waals surface area contributed by atoms with E-state index in [9.17, 15) is 0 Å². The Morgan fingerprint density at radius 2 is 1.62 bits per heavy atom. The van der Waals surface area contributed by atoms with E-state index >= 15 is 0 Å². The van der Waals surface area contributed by atoms with Crippen molar-refractivity contribution in [3.63, 3.8) is 0 Å². The lowest BCUT2D eigenvalue weighted by Crippen LogP contribution is -2.47. The van der Waals surface area contributed by atoms with Crippen molar-refractivity contribution < 1.29 is 0 Å². The summed E-state index contributed by atoms with van der Waals surface area (Å²) in [6.45, 7) is 7.61. The number of nitrogens with zero attached hydrogens (tertiary/aromatic N) is 7. The van der Waals surface area contributed by atoms with Gasteiger partial charge in [0.1, 0.15) is 5.82 Å². The van der Waals surface area contributed by atoms with Crippen molar-refractivity contribution in [2.45, 2.75) is 13.8 Å². The molecule has 124 valence electrons. The number of imidazole rings is 1. The molecule has 1 aliphatic rings. The van der Waals surface area contributed by atoms with Gasteiger partial charge in [-0.1, -0.05) is 0 Å². The van der Waals surface area contributed by atoms with Gasteiger partial charge in [0.15, 0.2) is 5.65 Å². The van der Waals surface area contributed by atoms with Crippen LogP contribution < -0.4 is 9.80 Å². The minimum Gasteiger partial charge on any atom is -0.352 e. The zero-order valence-electron chi connectivity index (χ0n) is 13.6. The van der Waals surface area contributed by atoms with Crippen LogP contribution in [0.4, 0.5) is 11.8 Å². The molecular formula is C16H18BrN7. The van der Waals surface area contributed by atoms with Gasteiger partial charge in [-0.05, 0) is 41.9 Å². The van der Waals surface area contributed by atoms with Crippen molar-refractivity contribution in [3.05, 3.63) is 40.4 Å². The predicted molar refractivity (Wildman–Crippen MR) is 96.6 cm³/mol. The van der Waals surface area contributed by atoms with Gasteiger partial charge in [0.05, 0.1) is 15.9 Å². The van der Waals surface area contributed by atoms with Crippen LogP contribution in [0, 0.1) is 13.8 Å². The molecule has 1 saturated heterocycles. The Hall–Kier alpha value is -2.22. The number of hydrogen-bond acceptors (Lipinski definition) is 6. The molecule has 24 heavy (non-hydrogen) atoms. The summed E-state index contributed by atoms with van der Waals surface area (Å²) in [5.41, 5.74) is 3.02. The molecule has 0 aromatic carbocycles. The molecule has 0 atom stereocenters. The molecule has 0 spiro atoms. The Bertz CT molecular complexity index is 866. The first-order valence-electron chi connectivity index (χ1n) is 7.92. The summed E-state index contributed by atoms with van der Waals surface area (Å²) in [6, 6.07) is 4.08. The quantitative estimate of drug-likeness (QED) is 0.671. The number of anilines is 2. The molecule has 0 radical (unpaired) electrons. The normalized spacial score (nSPS) is 15.3. The molecule has 1 aliphatic heterocycles. The van der Waals surface area contributed by atoms with E-state index in [0.717, 1.165) is 59.5 Å². The molecule has 1 fully saturated rings. The van der Waals surface area contributed by atoms with Crippen LogP contribution in [-0.2, 0) is 0 Å². The molecule has 0 amide bonds. The highest BCUT2D eigenvalue weighted by Gasteiger charge is 2.20. The predicted octanol–water partition coefficient (Wildman–Crippen LogP) is 2.23. The number of fused-ring (bicyclic) bond motifs is 1. The SMILES string of the molecule is Cc1nc2ccc(N3CCN(c4ncc(Br)cn4)CC3)nn2c1C. The molecule has 0 unspecified atom stereocenters. The Morgan fingerprint density at radius 3 is 2.33 bits per heavy atom. The van der Waals surface area contributed by atoms with Gasteiger partial charge < -0.3 is 9.80 Å². The van der Waals surface area contributed by atoms with Gasteiger partial charge in [-0.15, -0.1) is 5.10 Å². The topological polar surface area (TPSA) is 62.5 Å². The molecule has 0 saturated carbocycles. The van der Waals surface area contributed by atoms with Gasteiger partial charge in [-0.25, -0.2) is 19.5 Å².